The lowest BCUT2D eigenvalue weighted by Crippen LogP contribution is -2.37. The van der Waals surface area contributed by atoms with Gasteiger partial charge < -0.3 is 24.7 Å². The Kier molecular flexibility index (Phi) is 8.72. The number of rotatable bonds is 6. The fourth-order valence-corrected chi connectivity index (χ4v) is 3.27. The topological polar surface area (TPSA) is 85.6 Å². The molecule has 1 aromatic heterocycles. The molecule has 0 radical (unpaired) electrons. The molecule has 170 valence electrons. The Labute approximate surface area is 205 Å². The van der Waals surface area contributed by atoms with E-state index in [9.17, 15) is 0 Å². The van der Waals surface area contributed by atoms with Crippen molar-refractivity contribution < 1.29 is 9.47 Å². The van der Waals surface area contributed by atoms with Crippen molar-refractivity contribution in [2.45, 2.75) is 33.0 Å². The molecule has 0 amide bonds. The third-order valence-corrected chi connectivity index (χ3v) is 5.16. The second-order valence-electron chi connectivity index (χ2n) is 7.37. The number of hydrogen-bond acceptors (Lipinski definition) is 5. The zero-order valence-corrected chi connectivity index (χ0v) is 20.7. The summed E-state index contributed by atoms with van der Waals surface area (Å²) in [5.74, 6) is 4.01. The number of guanidine groups is 1. The number of ether oxygens (including phenoxy) is 2. The third-order valence-electron chi connectivity index (χ3n) is 5.16. The van der Waals surface area contributed by atoms with E-state index in [2.05, 4.69) is 33.0 Å². The van der Waals surface area contributed by atoms with Gasteiger partial charge >= 0.3 is 0 Å². The summed E-state index contributed by atoms with van der Waals surface area (Å²) in [5.41, 5.74) is 2.17. The van der Waals surface area contributed by atoms with E-state index in [0.29, 0.717) is 38.8 Å². The van der Waals surface area contributed by atoms with Crippen LogP contribution in [0.3, 0.4) is 0 Å². The Balaban J connectivity index is 0.00000289. The number of aliphatic imine (C=N–C) groups is 1. The van der Waals surface area contributed by atoms with Gasteiger partial charge in [-0.3, -0.25) is 0 Å². The molecular weight excluding hydrogens is 519 g/mol. The minimum atomic E-state index is 0. The maximum Gasteiger partial charge on any atom is 0.192 e. The van der Waals surface area contributed by atoms with Gasteiger partial charge in [-0.25, -0.2) is 4.99 Å². The number of aromatic nitrogens is 3. The van der Waals surface area contributed by atoms with Crippen LogP contribution in [0, 0.1) is 6.92 Å². The molecule has 0 atom stereocenters. The summed E-state index contributed by atoms with van der Waals surface area (Å²) in [6, 6.07) is 16.1. The number of nitrogens with one attached hydrogen (secondary N) is 2. The van der Waals surface area contributed by atoms with Crippen molar-refractivity contribution in [1.82, 2.24) is 25.4 Å². The maximum absolute atomic E-state index is 5.94. The fourth-order valence-electron chi connectivity index (χ4n) is 3.27. The number of benzene rings is 2. The van der Waals surface area contributed by atoms with Crippen molar-refractivity contribution in [2.75, 3.05) is 13.2 Å². The quantitative estimate of drug-likeness (QED) is 0.279. The zero-order valence-electron chi connectivity index (χ0n) is 18.4. The molecule has 32 heavy (non-hydrogen) atoms. The van der Waals surface area contributed by atoms with Crippen LogP contribution in [0.25, 0.3) is 0 Å². The minimum Gasteiger partial charge on any atom is -0.490 e. The average molecular weight is 548 g/mol. The first-order chi connectivity index (χ1) is 15.2. The molecule has 8 nitrogen and oxygen atoms in total. The van der Waals surface area contributed by atoms with E-state index >= 15 is 0 Å². The first-order valence-corrected chi connectivity index (χ1v) is 10.5. The van der Waals surface area contributed by atoms with Crippen molar-refractivity contribution >= 4 is 29.9 Å². The first kappa shape index (κ1) is 23.8. The molecule has 0 fully saturated rings. The third kappa shape index (κ3) is 6.12. The molecule has 0 saturated heterocycles. The number of para-hydroxylation sites is 1. The van der Waals surface area contributed by atoms with Gasteiger partial charge in [-0.15, -0.1) is 34.2 Å². The highest BCUT2D eigenvalue weighted by Crippen LogP contribution is 2.33. The highest BCUT2D eigenvalue weighted by molar-refractivity contribution is 14.0. The van der Waals surface area contributed by atoms with Gasteiger partial charge in [0.15, 0.2) is 23.3 Å². The van der Waals surface area contributed by atoms with E-state index in [1.54, 1.807) is 0 Å². The monoisotopic (exact) mass is 548 g/mol. The number of fused-ring (bicyclic) bond motifs is 1. The summed E-state index contributed by atoms with van der Waals surface area (Å²) in [6.45, 7) is 4.91. The molecule has 0 spiro atoms. The van der Waals surface area contributed by atoms with Gasteiger partial charge in [0.25, 0.3) is 0 Å². The summed E-state index contributed by atoms with van der Waals surface area (Å²) in [4.78, 5) is 4.76. The predicted molar refractivity (Wildman–Crippen MR) is 134 cm³/mol. The molecule has 4 rings (SSSR count). The molecule has 2 aromatic carbocycles. The predicted octanol–water partition coefficient (Wildman–Crippen LogP) is 3.34. The lowest BCUT2D eigenvalue weighted by atomic mass is 10.2. The summed E-state index contributed by atoms with van der Waals surface area (Å²) in [7, 11) is 1.96. The standard InChI is InChI=1S/C23H28N6O2.HI/c1-17-27-28-21(29(17)2)16-26-23(24-14-18-8-4-3-5-9-18)25-15-19-10-6-11-20-22(19)31-13-7-12-30-20;/h3-6,8-11H,7,12-16H2,1-2H3,(H2,24,25,26);1H. The average Bonchev–Trinajstić information content (AvgIpc) is 2.98. The second kappa shape index (κ2) is 11.7. The Morgan fingerprint density at radius 3 is 2.56 bits per heavy atom. The lowest BCUT2D eigenvalue weighted by molar-refractivity contribution is 0.296. The Morgan fingerprint density at radius 2 is 1.78 bits per heavy atom. The summed E-state index contributed by atoms with van der Waals surface area (Å²) < 4.78 is 13.7. The summed E-state index contributed by atoms with van der Waals surface area (Å²) in [6.07, 6.45) is 0.879. The van der Waals surface area contributed by atoms with Crippen LogP contribution >= 0.6 is 24.0 Å². The van der Waals surface area contributed by atoms with Gasteiger partial charge in [-0.1, -0.05) is 42.5 Å². The van der Waals surface area contributed by atoms with Gasteiger partial charge in [0, 0.05) is 25.6 Å². The van der Waals surface area contributed by atoms with E-state index in [-0.39, 0.29) is 24.0 Å². The first-order valence-electron chi connectivity index (χ1n) is 10.5. The van der Waals surface area contributed by atoms with Crippen LogP contribution in [0.1, 0.15) is 29.2 Å². The van der Waals surface area contributed by atoms with Crippen LogP contribution in [-0.4, -0.2) is 33.9 Å². The fraction of sp³-hybridized carbons (Fsp3) is 0.348. The van der Waals surface area contributed by atoms with Crippen molar-refractivity contribution in [3.63, 3.8) is 0 Å². The minimum absolute atomic E-state index is 0. The van der Waals surface area contributed by atoms with Crippen molar-refractivity contribution in [3.8, 4) is 11.5 Å². The van der Waals surface area contributed by atoms with Crippen LogP contribution in [0.5, 0.6) is 11.5 Å². The highest BCUT2D eigenvalue weighted by Gasteiger charge is 2.15. The van der Waals surface area contributed by atoms with E-state index in [4.69, 9.17) is 14.5 Å². The molecule has 1 aliphatic heterocycles. The highest BCUT2D eigenvalue weighted by atomic mass is 127. The zero-order chi connectivity index (χ0) is 21.5. The largest absolute Gasteiger partial charge is 0.490 e. The van der Waals surface area contributed by atoms with Gasteiger partial charge in [-0.05, 0) is 18.6 Å². The van der Waals surface area contributed by atoms with Crippen LogP contribution < -0.4 is 20.1 Å². The second-order valence-corrected chi connectivity index (χ2v) is 7.37. The van der Waals surface area contributed by atoms with E-state index in [1.165, 1.54) is 0 Å². The molecule has 9 heteroatoms. The van der Waals surface area contributed by atoms with Gasteiger partial charge in [-0.2, -0.15) is 0 Å². The van der Waals surface area contributed by atoms with Gasteiger partial charge in [0.1, 0.15) is 5.82 Å². The number of halogens is 1. The van der Waals surface area contributed by atoms with Gasteiger partial charge in [0.2, 0.25) is 0 Å². The van der Waals surface area contributed by atoms with Crippen LogP contribution in [0.4, 0.5) is 0 Å². The molecule has 3 aromatic rings. The molecule has 0 bridgehead atoms. The molecule has 2 heterocycles. The van der Waals surface area contributed by atoms with Crippen molar-refractivity contribution in [3.05, 3.63) is 71.3 Å². The van der Waals surface area contributed by atoms with Crippen LogP contribution in [0.15, 0.2) is 53.5 Å². The maximum atomic E-state index is 5.94. The molecule has 2 N–H and O–H groups in total. The summed E-state index contributed by atoms with van der Waals surface area (Å²) >= 11 is 0. The molecule has 0 saturated carbocycles. The van der Waals surface area contributed by atoms with E-state index in [1.807, 2.05) is 54.9 Å². The number of hydrogen-bond donors (Lipinski definition) is 2. The molecule has 0 aliphatic carbocycles. The Morgan fingerprint density at radius 1 is 1.00 bits per heavy atom. The summed E-state index contributed by atoms with van der Waals surface area (Å²) in [5, 5.41) is 15.1. The molecule has 1 aliphatic rings. The van der Waals surface area contributed by atoms with Crippen LogP contribution in [-0.2, 0) is 26.7 Å². The van der Waals surface area contributed by atoms with Gasteiger partial charge in [0.05, 0.1) is 26.3 Å². The van der Waals surface area contributed by atoms with Crippen LogP contribution in [0.2, 0.25) is 0 Å². The number of nitrogens with zero attached hydrogens (tertiary/aromatic N) is 4. The van der Waals surface area contributed by atoms with E-state index in [0.717, 1.165) is 40.7 Å². The molecular formula is C23H29IN6O2. The number of aryl methyl sites for hydroxylation is 1. The Hall–Kier alpha value is -2.82. The molecule has 0 unspecified atom stereocenters. The lowest BCUT2D eigenvalue weighted by Gasteiger charge is -2.16. The normalized spacial score (nSPS) is 13.1. The van der Waals surface area contributed by atoms with Crippen molar-refractivity contribution in [1.29, 1.82) is 0 Å². The van der Waals surface area contributed by atoms with Crippen molar-refractivity contribution in [2.24, 2.45) is 12.0 Å². The van der Waals surface area contributed by atoms with E-state index < -0.39 is 0 Å². The SMILES string of the molecule is Cc1nnc(CNC(=NCc2ccccc2)NCc2cccc3c2OCCCO3)n1C.I. The Bertz CT molecular complexity index is 1040. The smallest absolute Gasteiger partial charge is 0.192 e.